The molecular weight excluding hydrogens is 234 g/mol. The van der Waals surface area contributed by atoms with Crippen LogP contribution in [0.3, 0.4) is 0 Å². The van der Waals surface area contributed by atoms with E-state index in [2.05, 4.69) is 0 Å². The van der Waals surface area contributed by atoms with Crippen LogP contribution in [0.4, 0.5) is 0 Å². The first kappa shape index (κ1) is 14.3. The molecule has 0 aliphatic carbocycles. The Morgan fingerprint density at radius 3 is 2.17 bits per heavy atom. The van der Waals surface area contributed by atoms with E-state index in [1.54, 1.807) is 31.2 Å². The summed E-state index contributed by atoms with van der Waals surface area (Å²) in [6.45, 7) is 4.68. The van der Waals surface area contributed by atoms with Crippen molar-refractivity contribution < 1.29 is 19.0 Å². The van der Waals surface area contributed by atoms with Crippen LogP contribution in [0.2, 0.25) is 0 Å². The van der Waals surface area contributed by atoms with E-state index in [1.165, 1.54) is 0 Å². The largest absolute Gasteiger partial charge is 0.494 e. The van der Waals surface area contributed by atoms with Gasteiger partial charge in [-0.05, 0) is 38.1 Å². The molecule has 0 spiro atoms. The van der Waals surface area contributed by atoms with Crippen molar-refractivity contribution in [1.29, 1.82) is 0 Å². The second kappa shape index (κ2) is 7.55. The van der Waals surface area contributed by atoms with Gasteiger partial charge in [0.15, 0.2) is 0 Å². The molecule has 0 saturated carbocycles. The van der Waals surface area contributed by atoms with E-state index in [1.807, 2.05) is 6.92 Å². The Morgan fingerprint density at radius 2 is 1.67 bits per heavy atom. The fourth-order valence-corrected chi connectivity index (χ4v) is 1.30. The second-order valence-electron chi connectivity index (χ2n) is 3.57. The number of benzene rings is 1. The molecule has 0 amide bonds. The highest BCUT2D eigenvalue weighted by Crippen LogP contribution is 2.17. The van der Waals surface area contributed by atoms with Crippen LogP contribution in [0.1, 0.15) is 13.8 Å². The Kier molecular flexibility index (Phi) is 6.00. The summed E-state index contributed by atoms with van der Waals surface area (Å²) in [5.74, 6) is 0.959. The number of rotatable bonds is 7. The Bertz CT molecular complexity index is 364. The van der Waals surface area contributed by atoms with E-state index in [0.717, 1.165) is 5.75 Å². The number of hydrogen-bond acceptors (Lipinski definition) is 5. The number of ether oxygens (including phenoxy) is 3. The quantitative estimate of drug-likeness (QED) is 0.743. The molecule has 0 bridgehead atoms. The zero-order valence-electron chi connectivity index (χ0n) is 10.7. The van der Waals surface area contributed by atoms with Crippen LogP contribution < -0.4 is 15.2 Å². The average Bonchev–Trinajstić information content (AvgIpc) is 2.38. The summed E-state index contributed by atoms with van der Waals surface area (Å²) in [5, 5.41) is 0. The smallest absolute Gasteiger partial charge is 0.326 e. The van der Waals surface area contributed by atoms with E-state index in [9.17, 15) is 4.79 Å². The summed E-state index contributed by atoms with van der Waals surface area (Å²) in [4.78, 5) is 11.3. The third kappa shape index (κ3) is 4.63. The topological polar surface area (TPSA) is 70.8 Å². The van der Waals surface area contributed by atoms with E-state index in [-0.39, 0.29) is 6.61 Å². The molecule has 0 fully saturated rings. The number of carbonyl (C=O) groups excluding carboxylic acids is 1. The molecule has 0 saturated heterocycles. The predicted molar refractivity (Wildman–Crippen MR) is 67.7 cm³/mol. The van der Waals surface area contributed by atoms with Crippen molar-refractivity contribution in [2.45, 2.75) is 19.9 Å². The lowest BCUT2D eigenvalue weighted by atomic mass is 10.3. The number of hydrogen-bond donors (Lipinski definition) is 1. The molecular formula is C13H19NO4. The summed E-state index contributed by atoms with van der Waals surface area (Å²) in [6.07, 6.45) is 0. The zero-order valence-corrected chi connectivity index (χ0v) is 10.7. The van der Waals surface area contributed by atoms with Gasteiger partial charge in [-0.1, -0.05) is 0 Å². The lowest BCUT2D eigenvalue weighted by Gasteiger charge is -2.12. The Labute approximate surface area is 107 Å². The minimum Gasteiger partial charge on any atom is -0.494 e. The first-order valence-electron chi connectivity index (χ1n) is 5.95. The molecule has 0 radical (unpaired) electrons. The number of nitrogens with two attached hydrogens (primary N) is 1. The van der Waals surface area contributed by atoms with Gasteiger partial charge in [0, 0.05) is 0 Å². The summed E-state index contributed by atoms with van der Waals surface area (Å²) in [5.41, 5.74) is 5.60. The van der Waals surface area contributed by atoms with Crippen molar-refractivity contribution in [2.24, 2.45) is 5.73 Å². The third-order valence-electron chi connectivity index (χ3n) is 2.15. The molecule has 1 rings (SSSR count). The van der Waals surface area contributed by atoms with Crippen molar-refractivity contribution in [3.8, 4) is 11.5 Å². The monoisotopic (exact) mass is 253 g/mol. The van der Waals surface area contributed by atoms with Crippen molar-refractivity contribution >= 4 is 5.97 Å². The molecule has 100 valence electrons. The van der Waals surface area contributed by atoms with Crippen LogP contribution in [0.5, 0.6) is 11.5 Å². The minimum absolute atomic E-state index is 0.0901. The number of carbonyl (C=O) groups is 1. The van der Waals surface area contributed by atoms with Crippen LogP contribution in [0, 0.1) is 0 Å². The molecule has 1 atom stereocenters. The van der Waals surface area contributed by atoms with Crippen LogP contribution >= 0.6 is 0 Å². The van der Waals surface area contributed by atoms with Gasteiger partial charge in [-0.25, -0.2) is 0 Å². The molecule has 2 N–H and O–H groups in total. The Balaban J connectivity index is 2.41. The van der Waals surface area contributed by atoms with E-state index in [4.69, 9.17) is 19.9 Å². The molecule has 0 aromatic heterocycles. The average molecular weight is 253 g/mol. The highest BCUT2D eigenvalue weighted by atomic mass is 16.5. The van der Waals surface area contributed by atoms with Gasteiger partial charge in [0.1, 0.15) is 24.1 Å². The van der Waals surface area contributed by atoms with Gasteiger partial charge >= 0.3 is 5.97 Å². The second-order valence-corrected chi connectivity index (χ2v) is 3.57. The van der Waals surface area contributed by atoms with E-state index < -0.39 is 12.0 Å². The molecule has 1 aromatic carbocycles. The van der Waals surface area contributed by atoms with Crippen molar-refractivity contribution in [3.63, 3.8) is 0 Å². The molecule has 5 heteroatoms. The SMILES string of the molecule is CCOC(=O)C(N)COc1ccc(OCC)cc1. The lowest BCUT2D eigenvalue weighted by Crippen LogP contribution is -2.37. The minimum atomic E-state index is -0.767. The van der Waals surface area contributed by atoms with Gasteiger partial charge in [0.25, 0.3) is 0 Å². The van der Waals surface area contributed by atoms with Crippen molar-refractivity contribution in [3.05, 3.63) is 24.3 Å². The first-order chi connectivity index (χ1) is 8.67. The lowest BCUT2D eigenvalue weighted by molar-refractivity contribution is -0.145. The first-order valence-corrected chi connectivity index (χ1v) is 5.95. The van der Waals surface area contributed by atoms with Gasteiger partial charge in [-0.2, -0.15) is 0 Å². The summed E-state index contributed by atoms with van der Waals surface area (Å²) in [6, 6.07) is 6.37. The Morgan fingerprint density at radius 1 is 1.11 bits per heavy atom. The standard InChI is InChI=1S/C13H19NO4/c1-3-16-10-5-7-11(8-6-10)18-9-12(14)13(15)17-4-2/h5-8,12H,3-4,9,14H2,1-2H3. The maximum Gasteiger partial charge on any atom is 0.326 e. The van der Waals surface area contributed by atoms with Crippen molar-refractivity contribution in [1.82, 2.24) is 0 Å². The normalized spacial score (nSPS) is 11.7. The van der Waals surface area contributed by atoms with Crippen LogP contribution in [-0.4, -0.2) is 31.8 Å². The highest BCUT2D eigenvalue weighted by molar-refractivity contribution is 5.75. The summed E-state index contributed by atoms with van der Waals surface area (Å²) < 4.78 is 15.5. The van der Waals surface area contributed by atoms with Crippen molar-refractivity contribution in [2.75, 3.05) is 19.8 Å². The van der Waals surface area contributed by atoms with Gasteiger partial charge in [0.05, 0.1) is 13.2 Å². The Hall–Kier alpha value is -1.75. The molecule has 5 nitrogen and oxygen atoms in total. The van der Waals surface area contributed by atoms with E-state index in [0.29, 0.717) is 19.0 Å². The summed E-state index contributed by atoms with van der Waals surface area (Å²) >= 11 is 0. The maximum atomic E-state index is 11.3. The van der Waals surface area contributed by atoms with Gasteiger partial charge in [-0.3, -0.25) is 4.79 Å². The molecule has 1 unspecified atom stereocenters. The molecule has 18 heavy (non-hydrogen) atoms. The molecule has 0 heterocycles. The molecule has 0 aliphatic heterocycles. The van der Waals surface area contributed by atoms with Crippen LogP contribution in [0.15, 0.2) is 24.3 Å². The fourth-order valence-electron chi connectivity index (χ4n) is 1.30. The van der Waals surface area contributed by atoms with Gasteiger partial charge < -0.3 is 19.9 Å². The zero-order chi connectivity index (χ0) is 13.4. The van der Waals surface area contributed by atoms with E-state index >= 15 is 0 Å². The molecule has 1 aromatic rings. The van der Waals surface area contributed by atoms with Crippen LogP contribution in [0.25, 0.3) is 0 Å². The third-order valence-corrected chi connectivity index (χ3v) is 2.15. The maximum absolute atomic E-state index is 11.3. The van der Waals surface area contributed by atoms with Gasteiger partial charge in [0.2, 0.25) is 0 Å². The molecule has 0 aliphatic rings. The van der Waals surface area contributed by atoms with Gasteiger partial charge in [-0.15, -0.1) is 0 Å². The van der Waals surface area contributed by atoms with Crippen LogP contribution in [-0.2, 0) is 9.53 Å². The summed E-state index contributed by atoms with van der Waals surface area (Å²) in [7, 11) is 0. The predicted octanol–water partition coefficient (Wildman–Crippen LogP) is 1.35. The highest BCUT2D eigenvalue weighted by Gasteiger charge is 2.15. The number of esters is 1. The fraction of sp³-hybridized carbons (Fsp3) is 0.462.